The van der Waals surface area contributed by atoms with E-state index in [4.69, 9.17) is 15.0 Å². The van der Waals surface area contributed by atoms with Crippen molar-refractivity contribution in [2.24, 2.45) is 0 Å². The van der Waals surface area contributed by atoms with Crippen LogP contribution in [0.5, 0.6) is 0 Å². The lowest BCUT2D eigenvalue weighted by Gasteiger charge is -2.15. The molecule has 1 saturated heterocycles. The number of fused-ring (bicyclic) bond motifs is 1. The van der Waals surface area contributed by atoms with E-state index in [1.54, 1.807) is 10.9 Å². The van der Waals surface area contributed by atoms with E-state index in [1.165, 1.54) is 0 Å². The Morgan fingerprint density at radius 2 is 2.50 bits per heavy atom. The fraction of sp³-hybridized carbons (Fsp3) is 0.545. The zero-order valence-electron chi connectivity index (χ0n) is 11.0. The summed E-state index contributed by atoms with van der Waals surface area (Å²) in [7, 11) is 0.457. The first-order chi connectivity index (χ1) is 9.69. The van der Waals surface area contributed by atoms with Crippen molar-refractivity contribution in [2.45, 2.75) is 25.2 Å². The topological polar surface area (TPSA) is 108 Å². The first-order valence-corrected chi connectivity index (χ1v) is 7.76. The van der Waals surface area contributed by atoms with E-state index < -0.39 is 0 Å². The highest BCUT2D eigenvalue weighted by molar-refractivity contribution is 7.31. The summed E-state index contributed by atoms with van der Waals surface area (Å²) >= 11 is 0. The Balaban J connectivity index is 1.87. The maximum atomic E-state index is 11.7. The Bertz CT molecular complexity index is 670. The second-order valence-electron chi connectivity index (χ2n) is 4.58. The number of imidazole rings is 1. The summed E-state index contributed by atoms with van der Waals surface area (Å²) in [6.45, 7) is 2.57. The average Bonchev–Trinajstić information content (AvgIpc) is 3.02. The van der Waals surface area contributed by atoms with Crippen LogP contribution in [-0.4, -0.2) is 38.9 Å². The molecule has 3 N–H and O–H groups in total. The molecule has 1 aliphatic heterocycles. The third-order valence-electron chi connectivity index (χ3n) is 3.26. The van der Waals surface area contributed by atoms with Crippen LogP contribution in [0.25, 0.3) is 11.2 Å². The lowest BCUT2D eigenvalue weighted by Crippen LogP contribution is -2.16. The van der Waals surface area contributed by atoms with Gasteiger partial charge in [-0.05, 0) is 19.5 Å². The molecule has 3 rings (SSSR count). The van der Waals surface area contributed by atoms with Gasteiger partial charge in [0, 0.05) is 8.81 Å². The second-order valence-corrected chi connectivity index (χ2v) is 5.28. The van der Waals surface area contributed by atoms with Gasteiger partial charge in [0.05, 0.1) is 19.0 Å². The van der Waals surface area contributed by atoms with Gasteiger partial charge in [-0.1, -0.05) is 0 Å². The summed E-state index contributed by atoms with van der Waals surface area (Å²) in [5, 5.41) is 0. The lowest BCUT2D eigenvalue weighted by molar-refractivity contribution is -0.0135. The van der Waals surface area contributed by atoms with Crippen LogP contribution in [0.3, 0.4) is 0 Å². The highest BCUT2D eigenvalue weighted by atomic mass is 31.1. The van der Waals surface area contributed by atoms with Gasteiger partial charge >= 0.3 is 0 Å². The fourth-order valence-electron chi connectivity index (χ4n) is 2.34. The van der Waals surface area contributed by atoms with Crippen LogP contribution in [0.15, 0.2) is 11.1 Å². The Hall–Kier alpha value is -1.50. The molecular weight excluding hydrogens is 281 g/mol. The number of nitrogens with zero attached hydrogens (tertiary/aromatic N) is 3. The summed E-state index contributed by atoms with van der Waals surface area (Å²) in [6, 6.07) is 0. The molecule has 0 radical (unpaired) electrons. The minimum Gasteiger partial charge on any atom is -0.369 e. The normalized spacial score (nSPS) is 23.2. The molecular formula is C11H16N5O3P. The van der Waals surface area contributed by atoms with E-state index in [0.29, 0.717) is 21.1 Å². The molecule has 0 spiro atoms. The van der Waals surface area contributed by atoms with Gasteiger partial charge in [0.2, 0.25) is 5.95 Å². The largest absolute Gasteiger partial charge is 0.369 e. The minimum absolute atomic E-state index is 0.0734. The first-order valence-electron chi connectivity index (χ1n) is 6.35. The van der Waals surface area contributed by atoms with E-state index in [-0.39, 0.29) is 29.4 Å². The third kappa shape index (κ3) is 2.42. The van der Waals surface area contributed by atoms with Crippen LogP contribution in [-0.2, 0) is 9.26 Å². The van der Waals surface area contributed by atoms with Crippen molar-refractivity contribution in [1.29, 1.82) is 0 Å². The van der Waals surface area contributed by atoms with Gasteiger partial charge in [0.1, 0.15) is 6.23 Å². The van der Waals surface area contributed by atoms with Gasteiger partial charge in [-0.15, -0.1) is 0 Å². The summed E-state index contributed by atoms with van der Waals surface area (Å²) < 4.78 is 13.1. The average molecular weight is 297 g/mol. The first kappa shape index (κ1) is 13.5. The van der Waals surface area contributed by atoms with Gasteiger partial charge in [-0.2, -0.15) is 4.98 Å². The minimum atomic E-state index is -0.337. The van der Waals surface area contributed by atoms with Gasteiger partial charge in [-0.25, -0.2) is 4.98 Å². The number of rotatable bonds is 4. The number of H-pyrrole nitrogens is 1. The molecule has 9 heteroatoms. The van der Waals surface area contributed by atoms with Crippen LogP contribution in [0.4, 0.5) is 5.95 Å². The molecule has 3 heterocycles. The van der Waals surface area contributed by atoms with E-state index >= 15 is 0 Å². The number of ether oxygens (including phenoxy) is 1. The molecule has 0 saturated carbocycles. The summed E-state index contributed by atoms with van der Waals surface area (Å²) in [5.74, 6) is 0.0781. The molecule has 2 aromatic rings. The maximum Gasteiger partial charge on any atom is 0.280 e. The van der Waals surface area contributed by atoms with Crippen molar-refractivity contribution in [2.75, 3.05) is 19.0 Å². The van der Waals surface area contributed by atoms with Crippen molar-refractivity contribution in [3.8, 4) is 0 Å². The van der Waals surface area contributed by atoms with Crippen LogP contribution in [0, 0.1) is 0 Å². The van der Waals surface area contributed by atoms with Crippen LogP contribution in [0.1, 0.15) is 19.1 Å². The zero-order chi connectivity index (χ0) is 14.1. The summed E-state index contributed by atoms with van der Waals surface area (Å²) in [5.41, 5.74) is 5.97. The Labute approximate surface area is 116 Å². The van der Waals surface area contributed by atoms with Crippen molar-refractivity contribution < 1.29 is 9.26 Å². The maximum absolute atomic E-state index is 11.7. The number of hydrogen-bond acceptors (Lipinski definition) is 6. The van der Waals surface area contributed by atoms with Gasteiger partial charge in [0.25, 0.3) is 5.56 Å². The SMILES string of the molecule is CPOCC1CCC(n2cnc3c(=O)[nH]c(N)nc32)O1. The molecule has 1 fully saturated rings. The molecule has 3 atom stereocenters. The number of hydrogen-bond donors (Lipinski definition) is 2. The molecule has 0 aliphatic carbocycles. The van der Waals surface area contributed by atoms with Crippen LogP contribution in [0.2, 0.25) is 0 Å². The summed E-state index contributed by atoms with van der Waals surface area (Å²) in [6.07, 6.45) is 3.21. The van der Waals surface area contributed by atoms with E-state index in [0.717, 1.165) is 12.8 Å². The Morgan fingerprint density at radius 1 is 1.65 bits per heavy atom. The standard InChI is InChI=1S/C11H16N5O3P/c1-20-18-4-6-2-3-7(19-6)16-5-13-8-9(16)14-11(12)15-10(8)17/h5-7,20H,2-4H2,1H3,(H3,12,14,15,17). The van der Waals surface area contributed by atoms with Gasteiger partial charge in [-0.3, -0.25) is 14.3 Å². The number of aromatic amines is 1. The Kier molecular flexibility index (Phi) is 3.69. The molecule has 0 bridgehead atoms. The molecule has 2 aromatic heterocycles. The quantitative estimate of drug-likeness (QED) is 0.801. The number of nitrogen functional groups attached to an aromatic ring is 1. The predicted octanol–water partition coefficient (Wildman–Crippen LogP) is 0.619. The van der Waals surface area contributed by atoms with Gasteiger partial charge < -0.3 is 15.0 Å². The zero-order valence-corrected chi connectivity index (χ0v) is 12.0. The fourth-order valence-corrected chi connectivity index (χ4v) is 2.70. The molecule has 0 aromatic carbocycles. The smallest absolute Gasteiger partial charge is 0.280 e. The van der Waals surface area contributed by atoms with Crippen LogP contribution < -0.4 is 11.3 Å². The highest BCUT2D eigenvalue weighted by Crippen LogP contribution is 2.30. The summed E-state index contributed by atoms with van der Waals surface area (Å²) in [4.78, 5) is 22.4. The molecule has 20 heavy (non-hydrogen) atoms. The third-order valence-corrected chi connectivity index (χ3v) is 3.71. The van der Waals surface area contributed by atoms with E-state index in [2.05, 4.69) is 15.0 Å². The highest BCUT2D eigenvalue weighted by Gasteiger charge is 2.28. The molecule has 1 aliphatic rings. The van der Waals surface area contributed by atoms with Crippen LogP contribution >= 0.6 is 8.81 Å². The Morgan fingerprint density at radius 3 is 3.30 bits per heavy atom. The number of nitrogens with one attached hydrogen (secondary N) is 1. The van der Waals surface area contributed by atoms with Gasteiger partial charge in [0.15, 0.2) is 11.2 Å². The van der Waals surface area contributed by atoms with Crippen molar-refractivity contribution in [3.63, 3.8) is 0 Å². The predicted molar refractivity (Wildman–Crippen MR) is 75.9 cm³/mol. The number of aromatic nitrogens is 4. The lowest BCUT2D eigenvalue weighted by atomic mass is 10.2. The molecule has 8 nitrogen and oxygen atoms in total. The van der Waals surface area contributed by atoms with Crippen molar-refractivity contribution in [1.82, 2.24) is 19.5 Å². The van der Waals surface area contributed by atoms with Crippen molar-refractivity contribution in [3.05, 3.63) is 16.7 Å². The van der Waals surface area contributed by atoms with E-state index in [9.17, 15) is 4.79 Å². The molecule has 3 unspecified atom stereocenters. The number of anilines is 1. The number of nitrogens with two attached hydrogens (primary N) is 1. The molecule has 0 amide bonds. The monoisotopic (exact) mass is 297 g/mol. The second kappa shape index (κ2) is 5.47. The molecule has 108 valence electrons. The van der Waals surface area contributed by atoms with E-state index in [1.807, 2.05) is 6.66 Å². The van der Waals surface area contributed by atoms with Crippen molar-refractivity contribution >= 4 is 25.9 Å².